The smallest absolute Gasteiger partial charge is 0.245 e. The van der Waals surface area contributed by atoms with E-state index < -0.39 is 18.0 Å². The van der Waals surface area contributed by atoms with Crippen molar-refractivity contribution in [2.75, 3.05) is 32.1 Å². The van der Waals surface area contributed by atoms with Crippen molar-refractivity contribution in [1.82, 2.24) is 20.4 Å². The third-order valence-corrected chi connectivity index (χ3v) is 5.71. The largest absolute Gasteiger partial charge is 0.356 e. The summed E-state index contributed by atoms with van der Waals surface area (Å²) in [7, 11) is 0. The van der Waals surface area contributed by atoms with Gasteiger partial charge in [0.1, 0.15) is 11.9 Å². The van der Waals surface area contributed by atoms with Gasteiger partial charge in [0.25, 0.3) is 0 Å². The molecule has 2 N–H and O–H groups in total. The molecule has 4 amide bonds. The molecule has 2 fully saturated rings. The summed E-state index contributed by atoms with van der Waals surface area (Å²) >= 11 is 5.73. The fraction of sp³-hybridized carbons (Fsp3) is 0.750. The fourth-order valence-corrected chi connectivity index (χ4v) is 4.16. The first-order valence-corrected chi connectivity index (χ1v) is 10.9. The van der Waals surface area contributed by atoms with Crippen molar-refractivity contribution in [3.63, 3.8) is 0 Å². The number of alkyl halides is 1. The minimum absolute atomic E-state index is 0.125. The van der Waals surface area contributed by atoms with Gasteiger partial charge in [-0.2, -0.15) is 0 Å². The molecule has 10 heteroatoms. The molecule has 0 aromatic heterocycles. The van der Waals surface area contributed by atoms with Gasteiger partial charge in [-0.25, -0.2) is 0 Å². The number of nitrogens with one attached hydrogen (secondary N) is 2. The van der Waals surface area contributed by atoms with Crippen LogP contribution in [0.2, 0.25) is 0 Å². The molecule has 2 heterocycles. The van der Waals surface area contributed by atoms with Gasteiger partial charge in [-0.3, -0.25) is 24.0 Å². The lowest BCUT2D eigenvalue weighted by atomic mass is 9.98. The van der Waals surface area contributed by atoms with E-state index in [2.05, 4.69) is 10.6 Å². The molecular formula is C20H31ClN4O5. The number of Topliss-reactive ketones (excluding diaryl/α,β-unsaturated/α-hetero) is 1. The SMILES string of the molecule is CC(=O)N[C@H]1CCN([C@@H](CC(C)C)C(=O)CN(C[C@@H]2CCNC2=O)C(=O)CCl)C1=O. The molecule has 2 saturated heterocycles. The average Bonchev–Trinajstić information content (AvgIpc) is 3.23. The molecule has 0 aromatic rings. The van der Waals surface area contributed by atoms with Crippen LogP contribution in [0.5, 0.6) is 0 Å². The zero-order valence-electron chi connectivity index (χ0n) is 17.8. The standard InChI is InChI=1S/C20H31ClN4O5/c1-12(2)8-16(25-7-5-15(20(25)30)23-13(3)26)17(27)11-24(18(28)9-21)10-14-4-6-22-19(14)29/h12,14-16H,4-11H2,1-3H3,(H,22,29)(H,23,26)/t14-,15-,16-/m0/s1. The number of nitrogens with zero attached hydrogens (tertiary/aromatic N) is 2. The van der Waals surface area contributed by atoms with Crippen LogP contribution in [-0.2, 0) is 24.0 Å². The van der Waals surface area contributed by atoms with Crippen LogP contribution in [0.3, 0.4) is 0 Å². The number of rotatable bonds is 10. The molecule has 2 aliphatic rings. The molecule has 2 rings (SSSR count). The maximum Gasteiger partial charge on any atom is 0.245 e. The molecule has 0 radical (unpaired) electrons. The van der Waals surface area contributed by atoms with Crippen molar-refractivity contribution in [1.29, 1.82) is 0 Å². The van der Waals surface area contributed by atoms with Gasteiger partial charge in [-0.15, -0.1) is 11.6 Å². The molecule has 0 spiro atoms. The van der Waals surface area contributed by atoms with Crippen LogP contribution >= 0.6 is 11.6 Å². The Hall–Kier alpha value is -2.16. The summed E-state index contributed by atoms with van der Waals surface area (Å²) in [4.78, 5) is 64.4. The Morgan fingerprint density at radius 1 is 1.27 bits per heavy atom. The zero-order chi connectivity index (χ0) is 22.4. The van der Waals surface area contributed by atoms with Crippen molar-refractivity contribution in [2.45, 2.75) is 52.1 Å². The summed E-state index contributed by atoms with van der Waals surface area (Å²) in [5.41, 5.74) is 0. The summed E-state index contributed by atoms with van der Waals surface area (Å²) in [6.45, 7) is 6.08. The highest BCUT2D eigenvalue weighted by molar-refractivity contribution is 6.27. The van der Waals surface area contributed by atoms with E-state index in [4.69, 9.17) is 11.6 Å². The van der Waals surface area contributed by atoms with Crippen LogP contribution in [0.4, 0.5) is 0 Å². The van der Waals surface area contributed by atoms with Crippen LogP contribution in [0.25, 0.3) is 0 Å². The normalized spacial score (nSPS) is 22.2. The quantitative estimate of drug-likeness (QED) is 0.459. The molecule has 168 valence electrons. The highest BCUT2D eigenvalue weighted by Crippen LogP contribution is 2.21. The number of hydrogen-bond acceptors (Lipinski definition) is 5. The Kier molecular flexibility index (Phi) is 8.64. The van der Waals surface area contributed by atoms with E-state index in [1.165, 1.54) is 16.7 Å². The first kappa shape index (κ1) is 24.1. The van der Waals surface area contributed by atoms with E-state index >= 15 is 0 Å². The van der Waals surface area contributed by atoms with Crippen molar-refractivity contribution in [3.8, 4) is 0 Å². The number of carbonyl (C=O) groups excluding carboxylic acids is 5. The van der Waals surface area contributed by atoms with Gasteiger partial charge in [0.15, 0.2) is 5.78 Å². The van der Waals surface area contributed by atoms with E-state index in [-0.39, 0.29) is 54.3 Å². The van der Waals surface area contributed by atoms with Crippen molar-refractivity contribution in [3.05, 3.63) is 0 Å². The van der Waals surface area contributed by atoms with Gasteiger partial charge in [0.05, 0.1) is 18.5 Å². The number of ketones is 1. The predicted octanol–water partition coefficient (Wildman–Crippen LogP) is -0.0893. The van der Waals surface area contributed by atoms with Gasteiger partial charge < -0.3 is 20.4 Å². The van der Waals surface area contributed by atoms with Crippen LogP contribution in [0, 0.1) is 11.8 Å². The van der Waals surface area contributed by atoms with Gasteiger partial charge in [0.2, 0.25) is 23.6 Å². The Bertz CT molecular complexity index is 699. The molecule has 3 atom stereocenters. The second-order valence-electron chi connectivity index (χ2n) is 8.37. The maximum atomic E-state index is 13.2. The van der Waals surface area contributed by atoms with Crippen LogP contribution in [0.1, 0.15) is 40.0 Å². The third kappa shape index (κ3) is 6.17. The summed E-state index contributed by atoms with van der Waals surface area (Å²) in [5.74, 6) is -1.92. The first-order valence-electron chi connectivity index (χ1n) is 10.4. The van der Waals surface area contributed by atoms with Crippen LogP contribution in [0.15, 0.2) is 0 Å². The number of carbonyl (C=O) groups is 5. The van der Waals surface area contributed by atoms with E-state index in [1.54, 1.807) is 0 Å². The molecule has 30 heavy (non-hydrogen) atoms. The highest BCUT2D eigenvalue weighted by atomic mass is 35.5. The predicted molar refractivity (Wildman–Crippen MR) is 111 cm³/mol. The zero-order valence-corrected chi connectivity index (χ0v) is 18.5. The number of hydrogen-bond donors (Lipinski definition) is 2. The summed E-state index contributed by atoms with van der Waals surface area (Å²) in [6.07, 6.45) is 1.48. The molecular weight excluding hydrogens is 412 g/mol. The molecule has 0 unspecified atom stereocenters. The maximum absolute atomic E-state index is 13.2. The highest BCUT2D eigenvalue weighted by Gasteiger charge is 2.40. The Labute approximate surface area is 181 Å². The molecule has 0 saturated carbocycles. The van der Waals surface area contributed by atoms with Crippen molar-refractivity contribution >= 4 is 41.0 Å². The lowest BCUT2D eigenvalue weighted by molar-refractivity contribution is -0.141. The molecule has 2 aliphatic heterocycles. The Morgan fingerprint density at radius 3 is 2.50 bits per heavy atom. The third-order valence-electron chi connectivity index (χ3n) is 5.48. The van der Waals surface area contributed by atoms with Crippen molar-refractivity contribution < 1.29 is 24.0 Å². The lowest BCUT2D eigenvalue weighted by Crippen LogP contribution is -2.51. The van der Waals surface area contributed by atoms with Crippen molar-refractivity contribution in [2.24, 2.45) is 11.8 Å². The Morgan fingerprint density at radius 2 is 1.97 bits per heavy atom. The average molecular weight is 443 g/mol. The Balaban J connectivity index is 2.14. The first-order chi connectivity index (χ1) is 14.1. The van der Waals surface area contributed by atoms with Gasteiger partial charge >= 0.3 is 0 Å². The number of likely N-dealkylation sites (tertiary alicyclic amines) is 1. The summed E-state index contributed by atoms with van der Waals surface area (Å²) in [6, 6.07) is -1.33. The molecule has 0 bridgehead atoms. The van der Waals surface area contributed by atoms with E-state index in [9.17, 15) is 24.0 Å². The van der Waals surface area contributed by atoms with Gasteiger partial charge in [0, 0.05) is 26.6 Å². The molecule has 0 aliphatic carbocycles. The number of halogens is 1. The van der Waals surface area contributed by atoms with E-state index in [0.29, 0.717) is 32.4 Å². The minimum atomic E-state index is -0.695. The van der Waals surface area contributed by atoms with Crippen LogP contribution < -0.4 is 10.6 Å². The van der Waals surface area contributed by atoms with Crippen LogP contribution in [-0.4, -0.2) is 83.4 Å². The lowest BCUT2D eigenvalue weighted by Gasteiger charge is -2.31. The summed E-state index contributed by atoms with van der Waals surface area (Å²) < 4.78 is 0. The minimum Gasteiger partial charge on any atom is -0.356 e. The monoisotopic (exact) mass is 442 g/mol. The topological polar surface area (TPSA) is 116 Å². The van der Waals surface area contributed by atoms with E-state index in [1.807, 2.05) is 13.8 Å². The number of amides is 4. The van der Waals surface area contributed by atoms with Gasteiger partial charge in [-0.05, 0) is 25.2 Å². The molecule has 0 aromatic carbocycles. The summed E-state index contributed by atoms with van der Waals surface area (Å²) in [5, 5.41) is 5.34. The second kappa shape index (κ2) is 10.7. The second-order valence-corrected chi connectivity index (χ2v) is 8.64. The fourth-order valence-electron chi connectivity index (χ4n) is 3.99. The van der Waals surface area contributed by atoms with E-state index in [0.717, 1.165) is 0 Å². The van der Waals surface area contributed by atoms with Gasteiger partial charge in [-0.1, -0.05) is 13.8 Å². The molecule has 9 nitrogen and oxygen atoms in total.